The summed E-state index contributed by atoms with van der Waals surface area (Å²) >= 11 is 0. The lowest BCUT2D eigenvalue weighted by Gasteiger charge is -2.08. The van der Waals surface area contributed by atoms with E-state index in [2.05, 4.69) is 20.6 Å². The number of rotatable bonds is 8. The van der Waals surface area contributed by atoms with E-state index in [9.17, 15) is 9.59 Å². The second-order valence-corrected chi connectivity index (χ2v) is 6.46. The molecule has 0 saturated heterocycles. The van der Waals surface area contributed by atoms with Crippen LogP contribution in [0.2, 0.25) is 0 Å². The number of pyridine rings is 2. The van der Waals surface area contributed by atoms with Gasteiger partial charge in [-0.1, -0.05) is 31.2 Å². The Labute approximate surface area is 163 Å². The molecule has 1 aromatic carbocycles. The molecular formula is C21H24N4O3. The summed E-state index contributed by atoms with van der Waals surface area (Å²) in [6, 6.07) is 11.3. The average molecular weight is 380 g/mol. The van der Waals surface area contributed by atoms with Gasteiger partial charge in [-0.05, 0) is 30.7 Å². The van der Waals surface area contributed by atoms with E-state index in [-0.39, 0.29) is 11.1 Å². The third kappa shape index (κ3) is 4.55. The molecule has 3 rings (SSSR count). The molecule has 2 heterocycles. The summed E-state index contributed by atoms with van der Waals surface area (Å²) in [4.78, 5) is 32.5. The van der Waals surface area contributed by atoms with Crippen molar-refractivity contribution in [2.45, 2.75) is 26.4 Å². The van der Waals surface area contributed by atoms with E-state index >= 15 is 0 Å². The Morgan fingerprint density at radius 1 is 1.18 bits per heavy atom. The second-order valence-electron chi connectivity index (χ2n) is 6.46. The Hall–Kier alpha value is -3.19. The average Bonchev–Trinajstić information content (AvgIpc) is 2.71. The summed E-state index contributed by atoms with van der Waals surface area (Å²) in [7, 11) is 1.88. The van der Waals surface area contributed by atoms with Crippen LogP contribution in [-0.4, -0.2) is 29.5 Å². The van der Waals surface area contributed by atoms with E-state index < -0.39 is 11.3 Å². The summed E-state index contributed by atoms with van der Waals surface area (Å²) < 4.78 is 5.49. The number of aromatic nitrogens is 2. The summed E-state index contributed by atoms with van der Waals surface area (Å²) in [5.74, 6) is -0.0670. The molecule has 0 aliphatic rings. The van der Waals surface area contributed by atoms with Crippen molar-refractivity contribution in [3.63, 3.8) is 0 Å². The van der Waals surface area contributed by atoms with E-state index in [0.29, 0.717) is 24.5 Å². The molecule has 0 saturated carbocycles. The monoisotopic (exact) mass is 380 g/mol. The highest BCUT2D eigenvalue weighted by Crippen LogP contribution is 2.13. The predicted molar refractivity (Wildman–Crippen MR) is 109 cm³/mol. The minimum absolute atomic E-state index is 0.0269. The zero-order valence-corrected chi connectivity index (χ0v) is 16.0. The lowest BCUT2D eigenvalue weighted by molar-refractivity contribution is 0.0949. The van der Waals surface area contributed by atoms with Gasteiger partial charge in [-0.25, -0.2) is 4.98 Å². The smallest absolute Gasteiger partial charge is 0.257 e. The van der Waals surface area contributed by atoms with Crippen molar-refractivity contribution in [1.82, 2.24) is 20.6 Å². The Kier molecular flexibility index (Phi) is 6.39. The van der Waals surface area contributed by atoms with E-state index in [0.717, 1.165) is 24.1 Å². The number of nitrogens with zero attached hydrogens (tertiary/aromatic N) is 1. The summed E-state index contributed by atoms with van der Waals surface area (Å²) in [6.45, 7) is 3.59. The van der Waals surface area contributed by atoms with Crippen molar-refractivity contribution in [2.75, 3.05) is 13.7 Å². The van der Waals surface area contributed by atoms with Gasteiger partial charge in [-0.15, -0.1) is 0 Å². The van der Waals surface area contributed by atoms with Crippen LogP contribution in [0.15, 0.2) is 47.4 Å². The van der Waals surface area contributed by atoms with Crippen LogP contribution in [0.5, 0.6) is 5.88 Å². The van der Waals surface area contributed by atoms with Crippen molar-refractivity contribution in [1.29, 1.82) is 0 Å². The fourth-order valence-corrected chi connectivity index (χ4v) is 2.86. The predicted octanol–water partition coefficient (Wildman–Crippen LogP) is 2.36. The number of H-pyrrole nitrogens is 1. The highest BCUT2D eigenvalue weighted by molar-refractivity contribution is 5.96. The van der Waals surface area contributed by atoms with Crippen LogP contribution < -0.4 is 20.8 Å². The van der Waals surface area contributed by atoms with Crippen LogP contribution in [0.25, 0.3) is 11.0 Å². The molecule has 28 heavy (non-hydrogen) atoms. The number of nitrogens with one attached hydrogen (secondary N) is 3. The topological polar surface area (TPSA) is 96.1 Å². The Morgan fingerprint density at radius 2 is 1.96 bits per heavy atom. The first kappa shape index (κ1) is 19.6. The van der Waals surface area contributed by atoms with Gasteiger partial charge in [0.15, 0.2) is 0 Å². The molecule has 1 amide bonds. The van der Waals surface area contributed by atoms with E-state index in [1.54, 1.807) is 12.1 Å². The van der Waals surface area contributed by atoms with Crippen LogP contribution >= 0.6 is 0 Å². The standard InChI is InChI=1S/C21H24N4O3/c1-3-9-28-18-8-7-17-19(25-18)20(26)16(13-23-17)21(27)24-12-15-6-4-5-14(10-15)11-22-2/h4-8,10,13,22H,3,9,11-12H2,1-2H3,(H,23,26)(H,24,27). The van der Waals surface area contributed by atoms with E-state index in [1.807, 2.05) is 38.2 Å². The van der Waals surface area contributed by atoms with Crippen molar-refractivity contribution in [3.05, 3.63) is 69.5 Å². The van der Waals surface area contributed by atoms with Gasteiger partial charge in [0.1, 0.15) is 11.1 Å². The Balaban J connectivity index is 1.78. The zero-order chi connectivity index (χ0) is 19.9. The summed E-state index contributed by atoms with van der Waals surface area (Å²) in [5.41, 5.74) is 2.45. The molecule has 2 aromatic heterocycles. The molecule has 0 bridgehead atoms. The SMILES string of the molecule is CCCOc1ccc2[nH]cc(C(=O)NCc3cccc(CNC)c3)c(=O)c2n1. The number of benzene rings is 1. The molecule has 0 aliphatic carbocycles. The quantitative estimate of drug-likeness (QED) is 0.558. The number of carbonyl (C=O) groups is 1. The number of hydrogen-bond acceptors (Lipinski definition) is 5. The molecule has 3 N–H and O–H groups in total. The number of amides is 1. The fraction of sp³-hybridized carbons (Fsp3) is 0.286. The number of carbonyl (C=O) groups excluding carboxylic acids is 1. The first-order valence-corrected chi connectivity index (χ1v) is 9.28. The Morgan fingerprint density at radius 3 is 2.71 bits per heavy atom. The third-order valence-corrected chi connectivity index (χ3v) is 4.23. The normalized spacial score (nSPS) is 10.8. The van der Waals surface area contributed by atoms with Gasteiger partial charge in [0.25, 0.3) is 5.91 Å². The number of aromatic amines is 1. The molecule has 7 heteroatoms. The first-order valence-electron chi connectivity index (χ1n) is 9.28. The first-order chi connectivity index (χ1) is 13.6. The maximum absolute atomic E-state index is 12.7. The minimum Gasteiger partial charge on any atom is -0.478 e. The lowest BCUT2D eigenvalue weighted by atomic mass is 10.1. The molecular weight excluding hydrogens is 356 g/mol. The van der Waals surface area contributed by atoms with Crippen molar-refractivity contribution >= 4 is 16.9 Å². The van der Waals surface area contributed by atoms with Gasteiger partial charge in [0.05, 0.1) is 12.1 Å². The molecule has 146 valence electrons. The van der Waals surface area contributed by atoms with Gasteiger partial charge < -0.3 is 20.4 Å². The number of ether oxygens (including phenoxy) is 1. The highest BCUT2D eigenvalue weighted by atomic mass is 16.5. The van der Waals surface area contributed by atoms with E-state index in [4.69, 9.17) is 4.74 Å². The van der Waals surface area contributed by atoms with Gasteiger partial charge in [0.2, 0.25) is 11.3 Å². The van der Waals surface area contributed by atoms with Crippen LogP contribution in [0.3, 0.4) is 0 Å². The largest absolute Gasteiger partial charge is 0.478 e. The lowest BCUT2D eigenvalue weighted by Crippen LogP contribution is -2.28. The molecule has 0 fully saturated rings. The highest BCUT2D eigenvalue weighted by Gasteiger charge is 2.14. The van der Waals surface area contributed by atoms with Gasteiger partial charge in [-0.2, -0.15) is 0 Å². The van der Waals surface area contributed by atoms with Crippen LogP contribution in [-0.2, 0) is 13.1 Å². The van der Waals surface area contributed by atoms with Crippen molar-refractivity contribution in [2.24, 2.45) is 0 Å². The zero-order valence-electron chi connectivity index (χ0n) is 16.0. The molecule has 0 aliphatic heterocycles. The molecule has 0 radical (unpaired) electrons. The second kappa shape index (κ2) is 9.14. The van der Waals surface area contributed by atoms with Crippen molar-refractivity contribution in [3.8, 4) is 5.88 Å². The minimum atomic E-state index is -0.441. The molecule has 7 nitrogen and oxygen atoms in total. The van der Waals surface area contributed by atoms with Gasteiger partial charge >= 0.3 is 0 Å². The van der Waals surface area contributed by atoms with Crippen molar-refractivity contribution < 1.29 is 9.53 Å². The van der Waals surface area contributed by atoms with Crippen LogP contribution in [0.1, 0.15) is 34.8 Å². The summed E-state index contributed by atoms with van der Waals surface area (Å²) in [6.07, 6.45) is 2.26. The number of hydrogen-bond donors (Lipinski definition) is 3. The molecule has 0 atom stereocenters. The van der Waals surface area contributed by atoms with E-state index in [1.165, 1.54) is 6.20 Å². The molecule has 3 aromatic rings. The van der Waals surface area contributed by atoms with Gasteiger partial charge in [-0.3, -0.25) is 9.59 Å². The Bertz CT molecular complexity index is 1030. The fourth-order valence-electron chi connectivity index (χ4n) is 2.86. The molecule has 0 spiro atoms. The maximum atomic E-state index is 12.7. The molecule has 0 unspecified atom stereocenters. The van der Waals surface area contributed by atoms with Crippen LogP contribution in [0, 0.1) is 0 Å². The summed E-state index contributed by atoms with van der Waals surface area (Å²) in [5, 5.41) is 5.89. The maximum Gasteiger partial charge on any atom is 0.257 e. The van der Waals surface area contributed by atoms with Gasteiger partial charge in [0, 0.05) is 25.4 Å². The number of fused-ring (bicyclic) bond motifs is 1. The third-order valence-electron chi connectivity index (χ3n) is 4.23. The van der Waals surface area contributed by atoms with Crippen LogP contribution in [0.4, 0.5) is 0 Å².